The van der Waals surface area contributed by atoms with Crippen molar-refractivity contribution < 1.29 is 14.3 Å². The minimum Gasteiger partial charge on any atom is -0.494 e. The summed E-state index contributed by atoms with van der Waals surface area (Å²) in [5.41, 5.74) is 1.86. The number of halogens is 1. The van der Waals surface area contributed by atoms with Gasteiger partial charge in [0, 0.05) is 31.7 Å². The van der Waals surface area contributed by atoms with Crippen molar-refractivity contribution in [2.24, 2.45) is 4.99 Å². The molecule has 1 aromatic rings. The maximum absolute atomic E-state index is 12.6. The molecule has 2 aliphatic rings. The molecule has 2 aliphatic heterocycles. The fourth-order valence-electron chi connectivity index (χ4n) is 4.62. The number of fused-ring (bicyclic) bond motifs is 2. The van der Waals surface area contributed by atoms with Crippen LogP contribution in [0.5, 0.6) is 5.75 Å². The number of carbonyl (C=O) groups excluding carboxylic acids is 1. The molecule has 32 heavy (non-hydrogen) atoms. The van der Waals surface area contributed by atoms with E-state index in [4.69, 9.17) is 9.47 Å². The Hall–Kier alpha value is -1.71. The number of guanidine groups is 1. The summed E-state index contributed by atoms with van der Waals surface area (Å²) in [4.78, 5) is 19.0. The van der Waals surface area contributed by atoms with Gasteiger partial charge in [-0.3, -0.25) is 4.99 Å². The van der Waals surface area contributed by atoms with E-state index in [0.717, 1.165) is 43.0 Å². The molecule has 2 saturated heterocycles. The van der Waals surface area contributed by atoms with Crippen LogP contribution in [0.3, 0.4) is 0 Å². The first kappa shape index (κ1) is 26.5. The van der Waals surface area contributed by atoms with Gasteiger partial charge in [-0.25, -0.2) is 4.79 Å². The fourth-order valence-corrected chi connectivity index (χ4v) is 4.62. The van der Waals surface area contributed by atoms with E-state index in [1.807, 2.05) is 38.7 Å². The predicted molar refractivity (Wildman–Crippen MR) is 139 cm³/mol. The first-order chi connectivity index (χ1) is 14.7. The van der Waals surface area contributed by atoms with Gasteiger partial charge in [-0.1, -0.05) is 12.1 Å². The lowest BCUT2D eigenvalue weighted by molar-refractivity contribution is 0.00545. The monoisotopic (exact) mass is 558 g/mol. The van der Waals surface area contributed by atoms with Crippen molar-refractivity contribution in [3.63, 3.8) is 0 Å². The number of benzene rings is 1. The van der Waals surface area contributed by atoms with E-state index in [1.54, 1.807) is 7.05 Å². The number of hydrogen-bond acceptors (Lipinski definition) is 4. The molecule has 2 atom stereocenters. The topological polar surface area (TPSA) is 75.2 Å². The number of nitrogens with one attached hydrogen (secondary N) is 2. The molecule has 0 spiro atoms. The van der Waals surface area contributed by atoms with Gasteiger partial charge < -0.3 is 25.0 Å². The maximum Gasteiger partial charge on any atom is 0.410 e. The molecule has 2 unspecified atom stereocenters. The molecule has 0 saturated carbocycles. The number of aryl methyl sites for hydroxylation is 1. The van der Waals surface area contributed by atoms with Crippen molar-refractivity contribution in [2.45, 2.75) is 90.6 Å². The standard InChI is InChI=1S/C24H38N4O3.HI/c1-7-30-21-11-8-17(12-16(21)2)15-26-22(25-6)27-18-13-19-9-10-20(14-18)28(19)23(29)31-24(3,4)5;/h8,11-12,18-20H,7,9-10,13-15H2,1-6H3,(H2,25,26,27);1H. The second-order valence-corrected chi connectivity index (χ2v) is 9.54. The van der Waals surface area contributed by atoms with Crippen molar-refractivity contribution in [1.82, 2.24) is 15.5 Å². The van der Waals surface area contributed by atoms with Crippen LogP contribution >= 0.6 is 24.0 Å². The largest absolute Gasteiger partial charge is 0.494 e. The Bertz CT molecular complexity index is 795. The van der Waals surface area contributed by atoms with Crippen LogP contribution in [0.1, 0.15) is 64.5 Å². The molecule has 2 bridgehead atoms. The lowest BCUT2D eigenvalue weighted by Gasteiger charge is -2.40. The van der Waals surface area contributed by atoms with Crippen LogP contribution in [-0.4, -0.2) is 54.3 Å². The quantitative estimate of drug-likeness (QED) is 0.314. The molecule has 2 heterocycles. The van der Waals surface area contributed by atoms with E-state index >= 15 is 0 Å². The lowest BCUT2D eigenvalue weighted by atomic mass is 9.98. The Morgan fingerprint density at radius 2 is 1.88 bits per heavy atom. The third kappa shape index (κ3) is 6.89. The molecule has 0 aliphatic carbocycles. The number of piperidine rings is 1. The molecule has 7 nitrogen and oxygen atoms in total. The maximum atomic E-state index is 12.6. The molecule has 1 aromatic carbocycles. The van der Waals surface area contributed by atoms with Crippen molar-refractivity contribution >= 4 is 36.0 Å². The third-order valence-corrected chi connectivity index (χ3v) is 5.90. The van der Waals surface area contributed by atoms with Crippen LogP contribution in [0.15, 0.2) is 23.2 Å². The Morgan fingerprint density at radius 3 is 2.41 bits per heavy atom. The van der Waals surface area contributed by atoms with Gasteiger partial charge in [-0.15, -0.1) is 24.0 Å². The molecule has 0 aromatic heterocycles. The van der Waals surface area contributed by atoms with Gasteiger partial charge in [0.15, 0.2) is 5.96 Å². The van der Waals surface area contributed by atoms with Gasteiger partial charge >= 0.3 is 6.09 Å². The predicted octanol–water partition coefficient (Wildman–Crippen LogP) is 4.61. The SMILES string of the molecule is CCOc1ccc(CNC(=NC)NC2CC3CCC(C2)N3C(=O)OC(C)(C)C)cc1C.I. The number of carbonyl (C=O) groups is 1. The van der Waals surface area contributed by atoms with E-state index in [1.165, 1.54) is 5.56 Å². The zero-order valence-electron chi connectivity index (χ0n) is 20.2. The summed E-state index contributed by atoms with van der Waals surface area (Å²) in [6, 6.07) is 7.01. The van der Waals surface area contributed by atoms with Gasteiger partial charge in [0.25, 0.3) is 0 Å². The minimum absolute atomic E-state index is 0. The average molecular weight is 559 g/mol. The highest BCUT2D eigenvalue weighted by Crippen LogP contribution is 2.36. The van der Waals surface area contributed by atoms with E-state index in [9.17, 15) is 4.79 Å². The number of aliphatic imine (C=N–C) groups is 1. The molecule has 0 radical (unpaired) electrons. The molecule has 2 fully saturated rings. The van der Waals surface area contributed by atoms with Gasteiger partial charge in [-0.05, 0) is 77.5 Å². The van der Waals surface area contributed by atoms with Gasteiger partial charge in [-0.2, -0.15) is 0 Å². The molecule has 8 heteroatoms. The van der Waals surface area contributed by atoms with Gasteiger partial charge in [0.05, 0.1) is 6.61 Å². The number of nitrogens with zero attached hydrogens (tertiary/aromatic N) is 2. The van der Waals surface area contributed by atoms with Crippen molar-refractivity contribution in [1.29, 1.82) is 0 Å². The molecule has 180 valence electrons. The summed E-state index contributed by atoms with van der Waals surface area (Å²) >= 11 is 0. The van der Waals surface area contributed by atoms with Crippen LogP contribution in [0.25, 0.3) is 0 Å². The Morgan fingerprint density at radius 1 is 1.22 bits per heavy atom. The number of hydrogen-bond donors (Lipinski definition) is 2. The first-order valence-electron chi connectivity index (χ1n) is 11.4. The average Bonchev–Trinajstić information content (AvgIpc) is 2.97. The number of rotatable bonds is 5. The van der Waals surface area contributed by atoms with E-state index in [0.29, 0.717) is 19.2 Å². The zero-order chi connectivity index (χ0) is 22.6. The van der Waals surface area contributed by atoms with Gasteiger partial charge in [0.2, 0.25) is 0 Å². The van der Waals surface area contributed by atoms with Crippen LogP contribution < -0.4 is 15.4 Å². The van der Waals surface area contributed by atoms with Crippen LogP contribution in [0.4, 0.5) is 4.79 Å². The van der Waals surface area contributed by atoms with E-state index < -0.39 is 5.60 Å². The highest BCUT2D eigenvalue weighted by molar-refractivity contribution is 14.0. The summed E-state index contributed by atoms with van der Waals surface area (Å²) < 4.78 is 11.3. The lowest BCUT2D eigenvalue weighted by Crippen LogP contribution is -2.54. The van der Waals surface area contributed by atoms with Crippen LogP contribution in [-0.2, 0) is 11.3 Å². The molecular formula is C24H39IN4O3. The van der Waals surface area contributed by atoms with E-state index in [-0.39, 0.29) is 42.2 Å². The second-order valence-electron chi connectivity index (χ2n) is 9.54. The molecule has 3 rings (SSSR count). The second kappa shape index (κ2) is 11.4. The summed E-state index contributed by atoms with van der Waals surface area (Å²) in [5.74, 6) is 1.72. The summed E-state index contributed by atoms with van der Waals surface area (Å²) in [6.07, 6.45) is 3.74. The highest BCUT2D eigenvalue weighted by atomic mass is 127. The van der Waals surface area contributed by atoms with Crippen molar-refractivity contribution in [3.05, 3.63) is 29.3 Å². The van der Waals surface area contributed by atoms with Gasteiger partial charge in [0.1, 0.15) is 11.4 Å². The smallest absolute Gasteiger partial charge is 0.410 e. The van der Waals surface area contributed by atoms with Crippen LogP contribution in [0, 0.1) is 6.92 Å². The van der Waals surface area contributed by atoms with Crippen molar-refractivity contribution in [2.75, 3.05) is 13.7 Å². The summed E-state index contributed by atoms with van der Waals surface area (Å²) in [6.45, 7) is 11.2. The Kier molecular flexibility index (Phi) is 9.48. The third-order valence-electron chi connectivity index (χ3n) is 5.90. The first-order valence-corrected chi connectivity index (χ1v) is 11.4. The summed E-state index contributed by atoms with van der Waals surface area (Å²) in [5, 5.41) is 6.99. The summed E-state index contributed by atoms with van der Waals surface area (Å²) in [7, 11) is 1.79. The highest BCUT2D eigenvalue weighted by Gasteiger charge is 2.45. The molecular weight excluding hydrogens is 519 g/mol. The molecule has 1 amide bonds. The molecule has 2 N–H and O–H groups in total. The van der Waals surface area contributed by atoms with Crippen LogP contribution in [0.2, 0.25) is 0 Å². The Labute approximate surface area is 209 Å². The minimum atomic E-state index is -0.462. The fraction of sp³-hybridized carbons (Fsp3) is 0.667. The number of ether oxygens (including phenoxy) is 2. The Balaban J connectivity index is 0.00000363. The van der Waals surface area contributed by atoms with E-state index in [2.05, 4.69) is 34.7 Å². The van der Waals surface area contributed by atoms with Crippen molar-refractivity contribution in [3.8, 4) is 5.75 Å². The normalized spacial score (nSPS) is 22.8. The number of amides is 1. The zero-order valence-corrected chi connectivity index (χ0v) is 22.6.